The Labute approximate surface area is 229 Å². The molecule has 0 radical (unpaired) electrons. The molecule has 194 valence electrons. The topological polar surface area (TPSA) is 116 Å². The number of aromatic nitrogens is 3. The van der Waals surface area contributed by atoms with E-state index in [4.69, 9.17) is 21.1 Å². The number of rotatable bonds is 10. The lowest BCUT2D eigenvalue weighted by molar-refractivity contribution is -0.479. The maximum absolute atomic E-state index is 11.6. The molecule has 0 N–H and O–H groups in total. The summed E-state index contributed by atoms with van der Waals surface area (Å²) in [5, 5.41) is 29.6. The van der Waals surface area contributed by atoms with Gasteiger partial charge in [0.05, 0.1) is 23.8 Å². The molecule has 0 unspecified atom stereocenters. The summed E-state index contributed by atoms with van der Waals surface area (Å²) in [4.78, 5) is 11.3. The molecule has 0 aliphatic rings. The van der Waals surface area contributed by atoms with Crippen LogP contribution in [0.2, 0.25) is 5.02 Å². The third-order valence-electron chi connectivity index (χ3n) is 5.75. The minimum atomic E-state index is -0.642. The van der Waals surface area contributed by atoms with Gasteiger partial charge in [0.2, 0.25) is 6.54 Å². The third kappa shape index (κ3) is 6.07. The van der Waals surface area contributed by atoms with Crippen LogP contribution in [0.15, 0.2) is 65.8 Å². The number of nitrogens with zero attached hydrogens (tertiary/aromatic N) is 5. The van der Waals surface area contributed by atoms with Crippen molar-refractivity contribution in [2.75, 3.05) is 13.7 Å². The molecule has 9 nitrogen and oxygen atoms in total. The number of methoxy groups -OCH3 is 1. The van der Waals surface area contributed by atoms with Gasteiger partial charge in [0, 0.05) is 16.2 Å². The van der Waals surface area contributed by atoms with E-state index in [0.717, 1.165) is 11.3 Å². The van der Waals surface area contributed by atoms with Gasteiger partial charge >= 0.3 is 0 Å². The number of ether oxygens (including phenoxy) is 2. The summed E-state index contributed by atoms with van der Waals surface area (Å²) in [5.41, 5.74) is 3.71. The van der Waals surface area contributed by atoms with Crippen LogP contribution >= 0.6 is 23.4 Å². The fourth-order valence-corrected chi connectivity index (χ4v) is 5.36. The smallest absolute Gasteiger partial charge is 0.220 e. The van der Waals surface area contributed by atoms with Crippen LogP contribution in [0.5, 0.6) is 11.5 Å². The highest BCUT2D eigenvalue weighted by atomic mass is 35.5. The minimum absolute atomic E-state index is 0.102. The molecule has 0 amide bonds. The van der Waals surface area contributed by atoms with Gasteiger partial charge in [0.25, 0.3) is 0 Å². The fraction of sp³-hybridized carbons (Fsp3) is 0.222. The molecule has 1 aromatic heterocycles. The Balaban J connectivity index is 1.66. The highest BCUT2D eigenvalue weighted by Crippen LogP contribution is 2.43. The molecular formula is C27H24ClN5O4S. The molecule has 0 fully saturated rings. The maximum atomic E-state index is 11.6. The van der Waals surface area contributed by atoms with Crippen molar-refractivity contribution < 1.29 is 14.4 Å². The number of halogens is 1. The number of aryl methyl sites for hydroxylation is 2. The van der Waals surface area contributed by atoms with E-state index in [2.05, 4.69) is 16.3 Å². The van der Waals surface area contributed by atoms with E-state index >= 15 is 0 Å². The number of hydrogen-bond donors (Lipinski definition) is 0. The summed E-state index contributed by atoms with van der Waals surface area (Å²) in [6.07, 6.45) is 0. The molecule has 0 spiro atoms. The predicted octanol–water partition coefficient (Wildman–Crippen LogP) is 6.11. The summed E-state index contributed by atoms with van der Waals surface area (Å²) in [7, 11) is 1.47. The first kappa shape index (κ1) is 27.0. The lowest BCUT2D eigenvalue weighted by atomic mass is 10.1. The van der Waals surface area contributed by atoms with Crippen LogP contribution in [0.25, 0.3) is 5.69 Å². The van der Waals surface area contributed by atoms with Gasteiger partial charge in [-0.15, -0.1) is 10.2 Å². The van der Waals surface area contributed by atoms with Gasteiger partial charge in [-0.05, 0) is 55.3 Å². The van der Waals surface area contributed by atoms with E-state index in [9.17, 15) is 15.4 Å². The van der Waals surface area contributed by atoms with Gasteiger partial charge < -0.3 is 9.47 Å². The number of nitro groups is 1. The van der Waals surface area contributed by atoms with Gasteiger partial charge in [-0.3, -0.25) is 14.7 Å². The second-order valence-corrected chi connectivity index (χ2v) is 9.99. The Morgan fingerprint density at radius 3 is 2.66 bits per heavy atom. The Bertz CT molecular complexity index is 1520. The Morgan fingerprint density at radius 2 is 1.95 bits per heavy atom. The van der Waals surface area contributed by atoms with E-state index in [-0.39, 0.29) is 28.8 Å². The molecule has 4 rings (SSSR count). The average molecular weight is 550 g/mol. The molecule has 0 bridgehead atoms. The largest absolute Gasteiger partial charge is 0.493 e. The Morgan fingerprint density at radius 1 is 1.16 bits per heavy atom. The summed E-state index contributed by atoms with van der Waals surface area (Å²) in [6, 6.07) is 20.4. The number of thioether (sulfide) groups is 1. The van der Waals surface area contributed by atoms with Crippen molar-refractivity contribution >= 4 is 23.4 Å². The van der Waals surface area contributed by atoms with Gasteiger partial charge in [-0.2, -0.15) is 5.26 Å². The molecule has 3 aromatic carbocycles. The standard InChI is InChI=1S/C27H24ClN5O4S/c1-17-7-6-10-22(11-17)33-18(2)30-31-27(33)38-25(15-32(34)35)21-12-23(28)26(24(13-21)36-3)37-16-20-9-5-4-8-19(20)14-29/h4-13,25H,15-16H2,1-3H3/t25-/m1/s1. The molecule has 1 heterocycles. The van der Waals surface area contributed by atoms with Crippen molar-refractivity contribution in [1.82, 2.24) is 14.8 Å². The van der Waals surface area contributed by atoms with Crippen molar-refractivity contribution in [3.8, 4) is 23.3 Å². The first-order chi connectivity index (χ1) is 18.3. The molecule has 0 saturated carbocycles. The number of benzene rings is 3. The van der Waals surface area contributed by atoms with Crippen molar-refractivity contribution in [2.45, 2.75) is 30.9 Å². The SMILES string of the molecule is COc1cc([C@@H](C[N+](=O)[O-])Sc2nnc(C)n2-c2cccc(C)c2)cc(Cl)c1OCc1ccccc1C#N. The summed E-state index contributed by atoms with van der Waals surface area (Å²) in [6.45, 7) is 3.55. The summed E-state index contributed by atoms with van der Waals surface area (Å²) >= 11 is 7.83. The molecular weight excluding hydrogens is 526 g/mol. The highest BCUT2D eigenvalue weighted by molar-refractivity contribution is 7.99. The Kier molecular flexibility index (Phi) is 8.51. The van der Waals surface area contributed by atoms with Gasteiger partial charge in [-0.25, -0.2) is 0 Å². The summed E-state index contributed by atoms with van der Waals surface area (Å²) < 4.78 is 13.3. The molecule has 4 aromatic rings. The second-order valence-electron chi connectivity index (χ2n) is 8.42. The molecule has 11 heteroatoms. The van der Waals surface area contributed by atoms with E-state index in [0.29, 0.717) is 33.4 Å². The van der Waals surface area contributed by atoms with Crippen molar-refractivity contribution in [1.29, 1.82) is 5.26 Å². The van der Waals surface area contributed by atoms with Crippen LogP contribution in [-0.4, -0.2) is 33.3 Å². The maximum Gasteiger partial charge on any atom is 0.220 e. The molecule has 1 atom stereocenters. The lowest BCUT2D eigenvalue weighted by Gasteiger charge is -2.18. The monoisotopic (exact) mass is 549 g/mol. The van der Waals surface area contributed by atoms with Gasteiger partial charge in [-0.1, -0.05) is 53.7 Å². The highest BCUT2D eigenvalue weighted by Gasteiger charge is 2.26. The first-order valence-corrected chi connectivity index (χ1v) is 12.8. The van der Waals surface area contributed by atoms with Crippen LogP contribution in [0.1, 0.15) is 33.3 Å². The Hall–Kier alpha value is -4.07. The van der Waals surface area contributed by atoms with Crippen LogP contribution in [0.4, 0.5) is 0 Å². The number of nitriles is 1. The van der Waals surface area contributed by atoms with Gasteiger partial charge in [0.15, 0.2) is 16.7 Å². The van der Waals surface area contributed by atoms with Crippen LogP contribution in [-0.2, 0) is 6.61 Å². The third-order valence-corrected chi connectivity index (χ3v) is 7.21. The first-order valence-electron chi connectivity index (χ1n) is 11.6. The zero-order valence-corrected chi connectivity index (χ0v) is 22.5. The fourth-order valence-electron chi connectivity index (χ4n) is 3.93. The van der Waals surface area contributed by atoms with E-state index in [1.165, 1.54) is 18.9 Å². The van der Waals surface area contributed by atoms with Gasteiger partial charge in [0.1, 0.15) is 17.7 Å². The van der Waals surface area contributed by atoms with Crippen molar-refractivity contribution in [3.63, 3.8) is 0 Å². The zero-order valence-electron chi connectivity index (χ0n) is 20.9. The van der Waals surface area contributed by atoms with E-state index in [1.54, 1.807) is 30.3 Å². The van der Waals surface area contributed by atoms with Crippen LogP contribution in [0, 0.1) is 35.3 Å². The lowest BCUT2D eigenvalue weighted by Crippen LogP contribution is -2.12. The molecule has 0 saturated heterocycles. The minimum Gasteiger partial charge on any atom is -0.493 e. The molecule has 38 heavy (non-hydrogen) atoms. The average Bonchev–Trinajstić information content (AvgIpc) is 3.26. The second kappa shape index (κ2) is 12.0. The zero-order chi connectivity index (χ0) is 27.2. The van der Waals surface area contributed by atoms with Crippen molar-refractivity contribution in [3.05, 3.63) is 104 Å². The quantitative estimate of drug-likeness (QED) is 0.132. The van der Waals surface area contributed by atoms with Crippen LogP contribution in [0.3, 0.4) is 0 Å². The van der Waals surface area contributed by atoms with E-state index < -0.39 is 5.25 Å². The molecule has 0 aliphatic carbocycles. The van der Waals surface area contributed by atoms with E-state index in [1.807, 2.05) is 48.7 Å². The van der Waals surface area contributed by atoms with Crippen LogP contribution < -0.4 is 9.47 Å². The normalized spacial score (nSPS) is 11.6. The summed E-state index contributed by atoms with van der Waals surface area (Å²) in [5.74, 6) is 1.27. The molecule has 0 aliphatic heterocycles. The predicted molar refractivity (Wildman–Crippen MR) is 145 cm³/mol. The number of hydrogen-bond acceptors (Lipinski definition) is 8. The van der Waals surface area contributed by atoms with Crippen molar-refractivity contribution in [2.24, 2.45) is 0 Å².